The van der Waals surface area contributed by atoms with Gasteiger partial charge in [-0.3, -0.25) is 0 Å². The van der Waals surface area contributed by atoms with Crippen molar-refractivity contribution in [3.8, 4) is 11.4 Å². The normalized spacial score (nSPS) is 10.3. The van der Waals surface area contributed by atoms with E-state index >= 15 is 0 Å². The van der Waals surface area contributed by atoms with Gasteiger partial charge >= 0.3 is 0 Å². The highest BCUT2D eigenvalue weighted by Gasteiger charge is 2.09. The second-order valence-corrected chi connectivity index (χ2v) is 3.69. The molecule has 0 fully saturated rings. The Morgan fingerprint density at radius 3 is 2.80 bits per heavy atom. The average Bonchev–Trinajstić information content (AvgIpc) is 2.64. The van der Waals surface area contributed by atoms with Crippen molar-refractivity contribution in [2.75, 3.05) is 7.11 Å². The van der Waals surface area contributed by atoms with E-state index in [1.54, 1.807) is 23.0 Å². The first-order valence-corrected chi connectivity index (χ1v) is 5.05. The van der Waals surface area contributed by atoms with Gasteiger partial charge in [-0.1, -0.05) is 0 Å². The quantitative estimate of drug-likeness (QED) is 0.839. The first kappa shape index (κ1) is 10.2. The molecule has 1 aromatic heterocycles. The number of ether oxygens (including phenoxy) is 1. The molecule has 0 unspecified atom stereocenters. The SMILES string of the molecule is COc1ccc(F)cc1-n1nccc1Br. The smallest absolute Gasteiger partial charge is 0.144 e. The number of halogens is 2. The fourth-order valence-electron chi connectivity index (χ4n) is 1.29. The number of nitrogens with zero attached hydrogens (tertiary/aromatic N) is 2. The van der Waals surface area contributed by atoms with E-state index in [2.05, 4.69) is 21.0 Å². The summed E-state index contributed by atoms with van der Waals surface area (Å²) in [7, 11) is 1.54. The topological polar surface area (TPSA) is 27.1 Å². The van der Waals surface area contributed by atoms with E-state index in [0.29, 0.717) is 11.4 Å². The van der Waals surface area contributed by atoms with Crippen LogP contribution in [0.5, 0.6) is 5.75 Å². The van der Waals surface area contributed by atoms with Gasteiger partial charge in [-0.2, -0.15) is 5.10 Å². The van der Waals surface area contributed by atoms with Gasteiger partial charge in [-0.05, 0) is 34.1 Å². The van der Waals surface area contributed by atoms with E-state index in [-0.39, 0.29) is 5.82 Å². The molecule has 0 spiro atoms. The lowest BCUT2D eigenvalue weighted by atomic mass is 10.3. The summed E-state index contributed by atoms with van der Waals surface area (Å²) in [6, 6.07) is 6.06. The van der Waals surface area contributed by atoms with Crippen molar-refractivity contribution in [3.63, 3.8) is 0 Å². The van der Waals surface area contributed by atoms with Crippen molar-refractivity contribution in [3.05, 3.63) is 40.9 Å². The minimum Gasteiger partial charge on any atom is -0.494 e. The van der Waals surface area contributed by atoms with Crippen molar-refractivity contribution in [2.24, 2.45) is 0 Å². The van der Waals surface area contributed by atoms with E-state index in [1.165, 1.54) is 19.2 Å². The summed E-state index contributed by atoms with van der Waals surface area (Å²) in [6.07, 6.45) is 1.62. The molecule has 2 aromatic rings. The molecule has 3 nitrogen and oxygen atoms in total. The van der Waals surface area contributed by atoms with Gasteiger partial charge in [0.15, 0.2) is 0 Å². The van der Waals surface area contributed by atoms with Crippen molar-refractivity contribution in [1.29, 1.82) is 0 Å². The van der Waals surface area contributed by atoms with Crippen LogP contribution in [0.15, 0.2) is 35.1 Å². The van der Waals surface area contributed by atoms with Gasteiger partial charge in [-0.25, -0.2) is 9.07 Å². The first-order valence-electron chi connectivity index (χ1n) is 4.26. The van der Waals surface area contributed by atoms with Crippen molar-refractivity contribution >= 4 is 15.9 Å². The summed E-state index contributed by atoms with van der Waals surface area (Å²) in [4.78, 5) is 0. The summed E-state index contributed by atoms with van der Waals surface area (Å²) in [6.45, 7) is 0. The zero-order valence-electron chi connectivity index (χ0n) is 7.95. The van der Waals surface area contributed by atoms with Crippen LogP contribution in [0.4, 0.5) is 4.39 Å². The third kappa shape index (κ3) is 1.87. The van der Waals surface area contributed by atoms with Crippen molar-refractivity contribution < 1.29 is 9.13 Å². The highest BCUT2D eigenvalue weighted by atomic mass is 79.9. The lowest BCUT2D eigenvalue weighted by Gasteiger charge is -2.09. The lowest BCUT2D eigenvalue weighted by Crippen LogP contribution is -2.00. The van der Waals surface area contributed by atoms with Crippen LogP contribution in [0, 0.1) is 5.82 Å². The van der Waals surface area contributed by atoms with Gasteiger partial charge < -0.3 is 4.74 Å². The van der Waals surface area contributed by atoms with Gasteiger partial charge in [-0.15, -0.1) is 0 Å². The number of hydrogen-bond acceptors (Lipinski definition) is 2. The van der Waals surface area contributed by atoms with Gasteiger partial charge in [0.2, 0.25) is 0 Å². The minimum atomic E-state index is -0.326. The van der Waals surface area contributed by atoms with E-state index in [1.807, 2.05) is 0 Å². The van der Waals surface area contributed by atoms with E-state index in [9.17, 15) is 4.39 Å². The Morgan fingerprint density at radius 2 is 2.20 bits per heavy atom. The van der Waals surface area contributed by atoms with Gasteiger partial charge in [0.1, 0.15) is 21.9 Å². The van der Waals surface area contributed by atoms with E-state index < -0.39 is 0 Å². The molecule has 1 heterocycles. The van der Waals surface area contributed by atoms with Crippen LogP contribution in [0.2, 0.25) is 0 Å². The minimum absolute atomic E-state index is 0.326. The Hall–Kier alpha value is -1.36. The summed E-state index contributed by atoms with van der Waals surface area (Å²) in [5.41, 5.74) is 0.564. The number of benzene rings is 1. The van der Waals surface area contributed by atoms with Crippen LogP contribution in [0.1, 0.15) is 0 Å². The molecule has 2 rings (SSSR count). The molecule has 0 atom stereocenters. The molecule has 0 radical (unpaired) electrons. The number of rotatable bonds is 2. The Labute approximate surface area is 94.6 Å². The number of aromatic nitrogens is 2. The molecule has 0 N–H and O–H groups in total. The maximum Gasteiger partial charge on any atom is 0.144 e. The van der Waals surface area contributed by atoms with Gasteiger partial charge in [0, 0.05) is 6.07 Å². The van der Waals surface area contributed by atoms with Crippen LogP contribution >= 0.6 is 15.9 Å². The monoisotopic (exact) mass is 270 g/mol. The maximum absolute atomic E-state index is 13.1. The molecular formula is C10H8BrFN2O. The molecule has 1 aromatic carbocycles. The fraction of sp³-hybridized carbons (Fsp3) is 0.100. The third-order valence-corrected chi connectivity index (χ3v) is 2.57. The molecule has 0 saturated heterocycles. The van der Waals surface area contributed by atoms with Crippen LogP contribution in [-0.2, 0) is 0 Å². The van der Waals surface area contributed by atoms with Gasteiger partial charge in [0.05, 0.1) is 13.3 Å². The molecule has 0 aliphatic carbocycles. The molecule has 5 heteroatoms. The van der Waals surface area contributed by atoms with E-state index in [4.69, 9.17) is 4.74 Å². The summed E-state index contributed by atoms with van der Waals surface area (Å²) in [5.74, 6) is 0.244. The van der Waals surface area contributed by atoms with Crippen LogP contribution in [-0.4, -0.2) is 16.9 Å². The predicted octanol–water partition coefficient (Wildman–Crippen LogP) is 2.78. The molecule has 0 saturated carbocycles. The predicted molar refractivity (Wildman–Crippen MR) is 57.8 cm³/mol. The second-order valence-electron chi connectivity index (χ2n) is 2.88. The van der Waals surface area contributed by atoms with Crippen LogP contribution < -0.4 is 4.74 Å². The average molecular weight is 271 g/mol. The summed E-state index contributed by atoms with van der Waals surface area (Å²) >= 11 is 3.31. The largest absolute Gasteiger partial charge is 0.494 e. The highest BCUT2D eigenvalue weighted by Crippen LogP contribution is 2.25. The third-order valence-electron chi connectivity index (χ3n) is 1.97. The van der Waals surface area contributed by atoms with Crippen molar-refractivity contribution in [1.82, 2.24) is 9.78 Å². The Morgan fingerprint density at radius 1 is 1.40 bits per heavy atom. The van der Waals surface area contributed by atoms with E-state index in [0.717, 1.165) is 4.60 Å². The molecule has 15 heavy (non-hydrogen) atoms. The van der Waals surface area contributed by atoms with Gasteiger partial charge in [0.25, 0.3) is 0 Å². The second kappa shape index (κ2) is 4.02. The molecule has 0 bridgehead atoms. The lowest BCUT2D eigenvalue weighted by molar-refractivity contribution is 0.410. The number of methoxy groups -OCH3 is 1. The molecular weight excluding hydrogens is 263 g/mol. The summed E-state index contributed by atoms with van der Waals surface area (Å²) in [5, 5.41) is 4.06. The van der Waals surface area contributed by atoms with Crippen LogP contribution in [0.25, 0.3) is 5.69 Å². The molecule has 0 amide bonds. The Balaban J connectivity index is 2.60. The maximum atomic E-state index is 13.1. The fourth-order valence-corrected chi connectivity index (χ4v) is 1.69. The zero-order chi connectivity index (χ0) is 10.8. The Kier molecular flexibility index (Phi) is 2.73. The highest BCUT2D eigenvalue weighted by molar-refractivity contribution is 9.10. The molecule has 0 aliphatic rings. The first-order chi connectivity index (χ1) is 7.22. The number of hydrogen-bond donors (Lipinski definition) is 0. The van der Waals surface area contributed by atoms with Crippen LogP contribution in [0.3, 0.4) is 0 Å². The summed E-state index contributed by atoms with van der Waals surface area (Å²) < 4.78 is 20.5. The zero-order valence-corrected chi connectivity index (χ0v) is 9.53. The molecule has 0 aliphatic heterocycles. The standard InChI is InChI=1S/C10H8BrFN2O/c1-15-9-3-2-7(12)6-8(9)14-10(11)4-5-13-14/h2-6H,1H3. The van der Waals surface area contributed by atoms with Crippen molar-refractivity contribution in [2.45, 2.75) is 0 Å². The molecule has 78 valence electrons. The Bertz CT molecular complexity index is 484.